The molecule has 3 aromatic carbocycles. The topological polar surface area (TPSA) is 266 Å². The summed E-state index contributed by atoms with van der Waals surface area (Å²) in [7, 11) is 1.65. The van der Waals surface area contributed by atoms with Gasteiger partial charge in [0.05, 0.1) is 106 Å². The van der Waals surface area contributed by atoms with E-state index < -0.39 is 30.1 Å². The van der Waals surface area contributed by atoms with Crippen LogP contribution in [0.25, 0.3) is 27.4 Å². The molecule has 3 saturated heterocycles. The molecule has 3 fully saturated rings. The van der Waals surface area contributed by atoms with Crippen LogP contribution >= 0.6 is 11.3 Å². The molecule has 5 amide bonds. The third-order valence-electron chi connectivity index (χ3n) is 15.7. The number of aliphatic hydroxyl groups is 1. The lowest BCUT2D eigenvalue weighted by molar-refractivity contribution is -0.132. The lowest BCUT2D eigenvalue weighted by Gasteiger charge is -2.34. The largest absolute Gasteiger partial charge is 0.392 e. The summed E-state index contributed by atoms with van der Waals surface area (Å²) in [5.41, 5.74) is 13.9. The number of ether oxygens (including phenoxy) is 5. The third kappa shape index (κ3) is 17.0. The lowest BCUT2D eigenvalue weighted by Crippen LogP contribution is -2.49. The van der Waals surface area contributed by atoms with Crippen LogP contribution in [0.3, 0.4) is 0 Å². The Morgan fingerprint density at radius 2 is 1.50 bits per heavy atom. The van der Waals surface area contributed by atoms with E-state index in [2.05, 4.69) is 25.8 Å². The van der Waals surface area contributed by atoms with Crippen LogP contribution in [0.5, 0.6) is 0 Å². The van der Waals surface area contributed by atoms with Crippen molar-refractivity contribution in [2.45, 2.75) is 63.3 Å². The molecule has 23 nitrogen and oxygen atoms in total. The van der Waals surface area contributed by atoms with E-state index in [1.165, 1.54) is 12.1 Å². The Labute approximate surface area is 504 Å². The van der Waals surface area contributed by atoms with E-state index in [-0.39, 0.29) is 75.2 Å². The van der Waals surface area contributed by atoms with Crippen LogP contribution in [-0.2, 0) is 38.1 Å². The molecule has 3 aliphatic rings. The molecule has 460 valence electrons. The molecule has 2 unspecified atom stereocenters. The first-order valence-electron chi connectivity index (χ1n) is 29.2. The maximum atomic E-state index is 14.4. The molecule has 0 saturated carbocycles. The molecule has 9 rings (SSSR count). The Morgan fingerprint density at radius 3 is 2.16 bits per heavy atom. The van der Waals surface area contributed by atoms with Crippen molar-refractivity contribution in [2.24, 2.45) is 5.73 Å². The molecule has 5 atom stereocenters. The fourth-order valence-corrected chi connectivity index (χ4v) is 12.0. The lowest BCUT2D eigenvalue weighted by atomic mass is 9.94. The number of amides is 5. The Hall–Kier alpha value is -7.33. The fourth-order valence-electron chi connectivity index (χ4n) is 11.2. The quantitative estimate of drug-likeness (QED) is 0.0382. The van der Waals surface area contributed by atoms with Gasteiger partial charge in [0.15, 0.2) is 0 Å². The maximum Gasteiger partial charge on any atom is 0.320 e. The van der Waals surface area contributed by atoms with Crippen LogP contribution in [0, 0.1) is 19.7 Å². The minimum Gasteiger partial charge on any atom is -0.392 e. The third-order valence-corrected chi connectivity index (χ3v) is 16.6. The first-order chi connectivity index (χ1) is 41.8. The van der Waals surface area contributed by atoms with Gasteiger partial charge in [-0.3, -0.25) is 29.5 Å². The second-order valence-electron chi connectivity index (χ2n) is 21.5. The first-order valence-corrected chi connectivity index (χ1v) is 30.1. The number of rotatable bonds is 30. The van der Waals surface area contributed by atoms with Gasteiger partial charge in [0, 0.05) is 108 Å². The zero-order chi connectivity index (χ0) is 60.4. The monoisotopic (exact) mass is 1200 g/mol. The number of methoxy groups -OCH3 is 1. The number of nitrogens with two attached hydrogens (primary N) is 1. The van der Waals surface area contributed by atoms with Crippen molar-refractivity contribution >= 4 is 46.9 Å². The minimum absolute atomic E-state index is 0.00814. The van der Waals surface area contributed by atoms with Crippen molar-refractivity contribution in [3.8, 4) is 27.4 Å². The summed E-state index contributed by atoms with van der Waals surface area (Å²) in [6.07, 6.45) is 3.26. The number of hydrogen-bond acceptors (Lipinski definition) is 18. The number of piperazine rings is 1. The molecular formula is C61H78FN13O10S. The van der Waals surface area contributed by atoms with Gasteiger partial charge in [-0.05, 0) is 61.2 Å². The molecule has 6 aromatic rings. The number of aromatic nitrogens is 5. The molecule has 6 heterocycles. The summed E-state index contributed by atoms with van der Waals surface area (Å²) in [5, 5.41) is 24.6. The van der Waals surface area contributed by atoms with Gasteiger partial charge in [0.1, 0.15) is 17.3 Å². The second-order valence-corrected chi connectivity index (χ2v) is 22.3. The van der Waals surface area contributed by atoms with Gasteiger partial charge in [0.2, 0.25) is 23.7 Å². The number of urea groups is 1. The summed E-state index contributed by atoms with van der Waals surface area (Å²) in [4.78, 5) is 75.3. The maximum absolute atomic E-state index is 14.4. The smallest absolute Gasteiger partial charge is 0.320 e. The van der Waals surface area contributed by atoms with Gasteiger partial charge in [-0.25, -0.2) is 28.8 Å². The first kappa shape index (κ1) is 63.2. The number of carbonyl (C=O) groups excluding carboxylic acids is 4. The molecule has 0 spiro atoms. The average molecular weight is 1200 g/mol. The number of benzene rings is 3. The van der Waals surface area contributed by atoms with Gasteiger partial charge in [-0.15, -0.1) is 11.3 Å². The predicted molar refractivity (Wildman–Crippen MR) is 322 cm³/mol. The highest BCUT2D eigenvalue weighted by Gasteiger charge is 2.40. The van der Waals surface area contributed by atoms with Crippen molar-refractivity contribution in [3.63, 3.8) is 0 Å². The highest BCUT2D eigenvalue weighted by Crippen LogP contribution is 2.36. The van der Waals surface area contributed by atoms with E-state index in [0.717, 1.165) is 38.5 Å². The molecular weight excluding hydrogens is 1130 g/mol. The molecule has 0 bridgehead atoms. The van der Waals surface area contributed by atoms with Crippen molar-refractivity contribution in [3.05, 3.63) is 125 Å². The Balaban J connectivity index is 0.634. The summed E-state index contributed by atoms with van der Waals surface area (Å²) in [5.74, 6) is -0.175. The number of likely N-dealkylation sites (tertiary alicyclic amines) is 2. The van der Waals surface area contributed by atoms with E-state index in [4.69, 9.17) is 44.5 Å². The number of hydrogen-bond donors (Lipinski definition) is 5. The van der Waals surface area contributed by atoms with Crippen LogP contribution in [0.4, 0.5) is 21.0 Å². The number of anilines is 2. The van der Waals surface area contributed by atoms with Gasteiger partial charge in [-0.2, -0.15) is 5.10 Å². The van der Waals surface area contributed by atoms with E-state index >= 15 is 0 Å². The summed E-state index contributed by atoms with van der Waals surface area (Å²) in [6, 6.07) is 22.1. The van der Waals surface area contributed by atoms with Crippen molar-refractivity contribution in [1.29, 1.82) is 0 Å². The molecule has 0 aliphatic carbocycles. The number of thiazole rings is 1. The van der Waals surface area contributed by atoms with E-state index in [1.807, 2.05) is 89.2 Å². The van der Waals surface area contributed by atoms with Gasteiger partial charge >= 0.3 is 6.03 Å². The van der Waals surface area contributed by atoms with Gasteiger partial charge in [0.25, 0.3) is 0 Å². The number of halogens is 1. The number of nitrogens with one attached hydrogen (secondary N) is 3. The number of primary amides is 1. The van der Waals surface area contributed by atoms with Crippen molar-refractivity contribution < 1.29 is 52.4 Å². The highest BCUT2D eigenvalue weighted by atomic mass is 32.1. The van der Waals surface area contributed by atoms with Crippen molar-refractivity contribution in [2.75, 3.05) is 136 Å². The van der Waals surface area contributed by atoms with E-state index in [9.17, 15) is 28.7 Å². The minimum atomic E-state index is -0.723. The highest BCUT2D eigenvalue weighted by molar-refractivity contribution is 7.13. The number of carbonyl (C=O) groups is 4. The summed E-state index contributed by atoms with van der Waals surface area (Å²) < 4.78 is 44.0. The van der Waals surface area contributed by atoms with Crippen LogP contribution in [0.1, 0.15) is 53.6 Å². The van der Waals surface area contributed by atoms with Crippen LogP contribution in [0.15, 0.2) is 96.8 Å². The zero-order valence-corrected chi connectivity index (χ0v) is 49.8. The molecule has 86 heavy (non-hydrogen) atoms. The molecule has 3 aromatic heterocycles. The zero-order valence-electron chi connectivity index (χ0n) is 49.0. The number of para-hydroxylation sites is 1. The number of aliphatic hydroxyl groups excluding tert-OH is 1. The van der Waals surface area contributed by atoms with Crippen LogP contribution < -0.4 is 26.6 Å². The number of β-amino-alcohol motifs (C(OH)–C–C–N with tert-alkyl or cyclic N) is 1. The molecule has 25 heteroatoms. The average Bonchev–Trinajstić information content (AvgIpc) is 2.61. The van der Waals surface area contributed by atoms with E-state index in [0.29, 0.717) is 115 Å². The Kier molecular flexibility index (Phi) is 23.0. The SMILES string of the molecule is COCCN1C[C@@H](NC(=O)Nc2c(C)c(-c3cnc(N4CCN(C(=O)CCOCCOCCOCCOCCNC(=O)C[C@@H](c5ccc(-c6scnc6C)cc5)N5CC(O)CC5C(N)=O)CC4)nc3)nn2-c2ccccc2)[C@H](c2cccc(F)c2)C1. The standard InChI is InChI=1S/C61H78FN13O10S/c1-41-56(70-75(48-10-5-4-6-11-48)59(41)69-61(80)68-51-39-71(22-25-81-3)38-50(51)45-8-7-9-47(62)32-45)46-35-65-60(66-36-46)73-20-18-72(19-21-73)55(78)16-23-82-26-28-84-30-31-85-29-27-83-24-17-64-54(77)34-52(74-37-49(76)33-53(74)58(63)79)43-12-14-44(15-13-43)57-42(2)67-40-86-57/h4-15,32,35-36,40,49-53,76H,16-31,33-34,37-39H2,1-3H3,(H2,63,79)(H,64,77)(H2,68,69,80)/t49?,50-,51+,52-,53?/m0/s1. The Bertz CT molecular complexity index is 3150. The number of nitrogens with zero attached hydrogens (tertiary/aromatic N) is 9. The molecule has 0 radical (unpaired) electrons. The summed E-state index contributed by atoms with van der Waals surface area (Å²) >= 11 is 1.55. The number of aryl methyl sites for hydroxylation is 1. The van der Waals surface area contributed by atoms with Crippen LogP contribution in [0.2, 0.25) is 0 Å². The summed E-state index contributed by atoms with van der Waals surface area (Å²) in [6.45, 7) is 11.6. The van der Waals surface area contributed by atoms with Gasteiger partial charge in [-0.1, -0.05) is 54.6 Å². The second kappa shape index (κ2) is 31.4. The van der Waals surface area contributed by atoms with E-state index in [1.54, 1.807) is 47.1 Å². The van der Waals surface area contributed by atoms with Crippen molar-refractivity contribution in [1.82, 2.24) is 50.1 Å². The fraction of sp³-hybridized carbons (Fsp3) is 0.475. The molecule has 3 aliphatic heterocycles. The molecule has 6 N–H and O–H groups in total. The normalized spacial score (nSPS) is 18.6. The van der Waals surface area contributed by atoms with Crippen LogP contribution in [-0.4, -0.2) is 212 Å². The Morgan fingerprint density at radius 1 is 0.802 bits per heavy atom. The predicted octanol–water partition coefficient (Wildman–Crippen LogP) is 4.72. The van der Waals surface area contributed by atoms with Gasteiger partial charge < -0.3 is 55.0 Å².